The first-order valence-corrected chi connectivity index (χ1v) is 6.28. The Kier molecular flexibility index (Phi) is 5.59. The standard InChI is InChI=1S/C13H20ClN3O/c1-9(2)12(13(18)16-15)17(3)8-10-4-6-11(14)7-5-10/h4-7,9,12H,8,15H2,1-3H3,(H,16,18). The molecule has 18 heavy (non-hydrogen) atoms. The molecule has 1 unspecified atom stereocenters. The molecule has 0 aliphatic carbocycles. The minimum Gasteiger partial charge on any atom is -0.293 e. The molecule has 0 fully saturated rings. The van der Waals surface area contributed by atoms with Crippen LogP contribution in [-0.2, 0) is 11.3 Å². The third-order valence-corrected chi connectivity index (χ3v) is 3.11. The third-order valence-electron chi connectivity index (χ3n) is 2.86. The Hall–Kier alpha value is -1.10. The van der Waals surface area contributed by atoms with E-state index in [0.29, 0.717) is 11.6 Å². The van der Waals surface area contributed by atoms with E-state index in [4.69, 9.17) is 17.4 Å². The summed E-state index contributed by atoms with van der Waals surface area (Å²) in [4.78, 5) is 13.7. The SMILES string of the molecule is CC(C)C(C(=O)NN)N(C)Cc1ccc(Cl)cc1. The van der Waals surface area contributed by atoms with E-state index in [2.05, 4.69) is 5.43 Å². The molecule has 0 bridgehead atoms. The van der Waals surface area contributed by atoms with Crippen LogP contribution in [0.25, 0.3) is 0 Å². The zero-order valence-electron chi connectivity index (χ0n) is 11.0. The average molecular weight is 270 g/mol. The van der Waals surface area contributed by atoms with E-state index in [1.54, 1.807) is 0 Å². The van der Waals surface area contributed by atoms with Gasteiger partial charge in [-0.15, -0.1) is 0 Å². The summed E-state index contributed by atoms with van der Waals surface area (Å²) in [6, 6.07) is 7.36. The molecule has 0 saturated carbocycles. The van der Waals surface area contributed by atoms with E-state index in [9.17, 15) is 4.79 Å². The van der Waals surface area contributed by atoms with Gasteiger partial charge in [0.05, 0.1) is 6.04 Å². The van der Waals surface area contributed by atoms with Crippen molar-refractivity contribution in [2.24, 2.45) is 11.8 Å². The highest BCUT2D eigenvalue weighted by Crippen LogP contribution is 2.15. The molecule has 1 aromatic rings. The van der Waals surface area contributed by atoms with Crippen molar-refractivity contribution in [1.29, 1.82) is 0 Å². The predicted octanol–water partition coefficient (Wildman–Crippen LogP) is 1.79. The summed E-state index contributed by atoms with van der Waals surface area (Å²) < 4.78 is 0. The van der Waals surface area contributed by atoms with Gasteiger partial charge in [-0.3, -0.25) is 15.1 Å². The first-order valence-electron chi connectivity index (χ1n) is 5.91. The van der Waals surface area contributed by atoms with E-state index in [1.165, 1.54) is 0 Å². The number of hydrogen-bond donors (Lipinski definition) is 2. The number of nitrogens with one attached hydrogen (secondary N) is 1. The topological polar surface area (TPSA) is 58.4 Å². The Bertz CT molecular complexity index is 392. The zero-order chi connectivity index (χ0) is 13.7. The monoisotopic (exact) mass is 269 g/mol. The molecular formula is C13H20ClN3O. The molecule has 0 heterocycles. The maximum absolute atomic E-state index is 11.7. The van der Waals surface area contributed by atoms with Crippen molar-refractivity contribution in [3.8, 4) is 0 Å². The summed E-state index contributed by atoms with van der Waals surface area (Å²) in [6.45, 7) is 4.67. The number of amides is 1. The molecular weight excluding hydrogens is 250 g/mol. The third kappa shape index (κ3) is 3.98. The fourth-order valence-electron chi connectivity index (χ4n) is 2.07. The summed E-state index contributed by atoms with van der Waals surface area (Å²) in [5, 5.41) is 0.710. The van der Waals surface area contributed by atoms with Gasteiger partial charge in [0.25, 0.3) is 5.91 Å². The van der Waals surface area contributed by atoms with Gasteiger partial charge in [0.15, 0.2) is 0 Å². The summed E-state index contributed by atoms with van der Waals surface area (Å²) in [6.07, 6.45) is 0. The Labute approximate surface area is 113 Å². The molecule has 0 aromatic heterocycles. The Balaban J connectivity index is 2.75. The van der Waals surface area contributed by atoms with Crippen molar-refractivity contribution in [3.63, 3.8) is 0 Å². The van der Waals surface area contributed by atoms with Crippen molar-refractivity contribution in [1.82, 2.24) is 10.3 Å². The molecule has 100 valence electrons. The van der Waals surface area contributed by atoms with E-state index in [-0.39, 0.29) is 17.9 Å². The van der Waals surface area contributed by atoms with E-state index >= 15 is 0 Å². The minimum atomic E-state index is -0.245. The van der Waals surface area contributed by atoms with Crippen molar-refractivity contribution >= 4 is 17.5 Å². The van der Waals surface area contributed by atoms with Gasteiger partial charge in [-0.1, -0.05) is 37.6 Å². The van der Waals surface area contributed by atoms with Gasteiger partial charge >= 0.3 is 0 Å². The van der Waals surface area contributed by atoms with Gasteiger partial charge in [-0.25, -0.2) is 5.84 Å². The smallest absolute Gasteiger partial charge is 0.251 e. The molecule has 0 saturated heterocycles. The van der Waals surface area contributed by atoms with Crippen molar-refractivity contribution in [2.45, 2.75) is 26.4 Å². The molecule has 5 heteroatoms. The molecule has 0 aliphatic rings. The number of carbonyl (C=O) groups is 1. The van der Waals surface area contributed by atoms with Crippen LogP contribution >= 0.6 is 11.6 Å². The lowest BCUT2D eigenvalue weighted by Crippen LogP contribution is -2.50. The van der Waals surface area contributed by atoms with Gasteiger partial charge in [-0.2, -0.15) is 0 Å². The van der Waals surface area contributed by atoms with Gasteiger partial charge < -0.3 is 0 Å². The highest BCUT2D eigenvalue weighted by Gasteiger charge is 2.25. The van der Waals surface area contributed by atoms with E-state index < -0.39 is 0 Å². The van der Waals surface area contributed by atoms with Gasteiger partial charge in [0.2, 0.25) is 0 Å². The number of hydrogen-bond acceptors (Lipinski definition) is 3. The Morgan fingerprint density at radius 1 is 1.39 bits per heavy atom. The summed E-state index contributed by atoms with van der Waals surface area (Å²) in [5.74, 6) is 5.24. The first kappa shape index (κ1) is 15.0. The van der Waals surface area contributed by atoms with E-state index in [1.807, 2.05) is 50.1 Å². The van der Waals surface area contributed by atoms with Crippen molar-refractivity contribution < 1.29 is 4.79 Å². The van der Waals surface area contributed by atoms with Crippen LogP contribution in [0.3, 0.4) is 0 Å². The summed E-state index contributed by atoms with van der Waals surface area (Å²) >= 11 is 5.84. The number of halogens is 1. The molecule has 1 amide bonds. The summed E-state index contributed by atoms with van der Waals surface area (Å²) in [7, 11) is 1.91. The number of carbonyl (C=O) groups excluding carboxylic acids is 1. The quantitative estimate of drug-likeness (QED) is 0.487. The molecule has 0 aliphatic heterocycles. The van der Waals surface area contributed by atoms with Crippen LogP contribution in [0, 0.1) is 5.92 Å². The van der Waals surface area contributed by atoms with Crippen LogP contribution in [0.4, 0.5) is 0 Å². The van der Waals surface area contributed by atoms with Gasteiger partial charge in [0.1, 0.15) is 0 Å². The maximum atomic E-state index is 11.7. The molecule has 1 aromatic carbocycles. The van der Waals surface area contributed by atoms with Crippen LogP contribution in [0.15, 0.2) is 24.3 Å². The van der Waals surface area contributed by atoms with Gasteiger partial charge in [-0.05, 0) is 30.7 Å². The van der Waals surface area contributed by atoms with Crippen LogP contribution in [-0.4, -0.2) is 23.9 Å². The predicted molar refractivity (Wildman–Crippen MR) is 73.9 cm³/mol. The Morgan fingerprint density at radius 3 is 2.39 bits per heavy atom. The number of rotatable bonds is 5. The number of nitrogens with zero attached hydrogens (tertiary/aromatic N) is 1. The van der Waals surface area contributed by atoms with Crippen LogP contribution in [0.1, 0.15) is 19.4 Å². The normalized spacial score (nSPS) is 12.8. The first-order chi connectivity index (χ1) is 8.45. The fraction of sp³-hybridized carbons (Fsp3) is 0.462. The van der Waals surface area contributed by atoms with Crippen LogP contribution < -0.4 is 11.3 Å². The molecule has 4 nitrogen and oxygen atoms in total. The van der Waals surface area contributed by atoms with Crippen LogP contribution in [0.5, 0.6) is 0 Å². The van der Waals surface area contributed by atoms with Crippen molar-refractivity contribution in [3.05, 3.63) is 34.9 Å². The lowest BCUT2D eigenvalue weighted by atomic mass is 10.0. The number of nitrogens with two attached hydrogens (primary N) is 1. The lowest BCUT2D eigenvalue weighted by Gasteiger charge is -2.29. The molecule has 0 spiro atoms. The minimum absolute atomic E-state index is 0.165. The second kappa shape index (κ2) is 6.73. The summed E-state index contributed by atoms with van der Waals surface area (Å²) in [5.41, 5.74) is 3.33. The number of benzene rings is 1. The van der Waals surface area contributed by atoms with Crippen LogP contribution in [0.2, 0.25) is 5.02 Å². The highest BCUT2D eigenvalue weighted by atomic mass is 35.5. The lowest BCUT2D eigenvalue weighted by molar-refractivity contribution is -0.127. The fourth-order valence-corrected chi connectivity index (χ4v) is 2.20. The highest BCUT2D eigenvalue weighted by molar-refractivity contribution is 6.30. The second-order valence-corrected chi connectivity index (χ2v) is 5.18. The maximum Gasteiger partial charge on any atom is 0.251 e. The van der Waals surface area contributed by atoms with Crippen molar-refractivity contribution in [2.75, 3.05) is 7.05 Å². The average Bonchev–Trinajstić information content (AvgIpc) is 2.31. The number of likely N-dealkylation sites (N-methyl/N-ethyl adjacent to an activating group) is 1. The molecule has 1 atom stereocenters. The van der Waals surface area contributed by atoms with E-state index in [0.717, 1.165) is 5.56 Å². The largest absolute Gasteiger partial charge is 0.293 e. The second-order valence-electron chi connectivity index (χ2n) is 4.74. The molecule has 0 radical (unpaired) electrons. The Morgan fingerprint density at radius 2 is 1.94 bits per heavy atom. The zero-order valence-corrected chi connectivity index (χ0v) is 11.7. The molecule has 3 N–H and O–H groups in total. The molecule has 1 rings (SSSR count). The number of hydrazine groups is 1. The van der Waals surface area contributed by atoms with Gasteiger partial charge in [0, 0.05) is 11.6 Å².